The van der Waals surface area contributed by atoms with Crippen molar-refractivity contribution < 1.29 is 30.8 Å². The quantitative estimate of drug-likeness (QED) is 0.0354. The third-order valence-electron chi connectivity index (χ3n) is 11.1. The molecule has 0 radical (unpaired) electrons. The van der Waals surface area contributed by atoms with E-state index in [-0.39, 0.29) is 35.3 Å². The third-order valence-corrected chi connectivity index (χ3v) is 11.1. The monoisotopic (exact) mass is 832 g/mol. The first-order chi connectivity index (χ1) is 29.8. The van der Waals surface area contributed by atoms with Crippen LogP contribution in [-0.4, -0.2) is 43.9 Å². The number of rotatable bonds is 17. The maximum absolute atomic E-state index is 12.8. The van der Waals surface area contributed by atoms with E-state index in [1.54, 1.807) is 24.3 Å². The summed E-state index contributed by atoms with van der Waals surface area (Å²) in [5.41, 5.74) is 12.1. The standard InChI is InChI=1S/C25H31N3O4.C14H20O2.C8H8N2O.C2H2/c1-3-16(23(29)26-20-12-13-21-22(15-20)28-25(32)27-21)10-11-19(24(30)31)14-17(4-2)18-8-6-5-7-9-18;1-3-11(10-12(4-2)14(15)16)13-8-6-5-7-9-13;9-6-1-2-7-5(3-6)4-8(11)10-7;1-2/h5-9,12-13,15-17,19H,3-4,10-11,14H2,1-2H3,(H,26,29)(H,30,31)(H2,27,28,32);5-9,11-12H,3-4,10H2,1-2H3,(H,15,16);1-3H,4,9H2,(H,10,11);1-2H/i;;;1D. The zero-order valence-electron chi connectivity index (χ0n) is 36.6. The zero-order valence-corrected chi connectivity index (χ0v) is 35.6. The van der Waals surface area contributed by atoms with E-state index in [1.807, 2.05) is 74.5 Å². The fraction of sp³-hybridized carbons (Fsp3) is 0.367. The number of carboxylic acids is 2. The van der Waals surface area contributed by atoms with E-state index < -0.39 is 17.9 Å². The molecule has 5 unspecified atom stereocenters. The number of aromatic nitrogens is 2. The van der Waals surface area contributed by atoms with Gasteiger partial charge in [-0.15, -0.1) is 12.8 Å². The predicted octanol–water partition coefficient (Wildman–Crippen LogP) is 9.58. The summed E-state index contributed by atoms with van der Waals surface area (Å²) in [6.45, 7) is 8.07. The summed E-state index contributed by atoms with van der Waals surface area (Å²) in [5, 5.41) is 24.5. The van der Waals surface area contributed by atoms with Gasteiger partial charge >= 0.3 is 17.6 Å². The van der Waals surface area contributed by atoms with E-state index in [0.717, 1.165) is 36.1 Å². The van der Waals surface area contributed by atoms with Crippen LogP contribution in [0.3, 0.4) is 0 Å². The molecule has 2 heterocycles. The molecule has 1 aliphatic rings. The van der Waals surface area contributed by atoms with Crippen molar-refractivity contribution in [2.75, 3.05) is 16.4 Å². The van der Waals surface area contributed by atoms with E-state index in [2.05, 4.69) is 53.0 Å². The SMILES string of the molecule is CCC(CC(CC)c1ccccc1)C(=O)O.CCC(CCC(CC(CC)c1ccccc1)C(=O)O)C(=O)Nc1ccc2[nH]c(=O)[nH]c2c1.Nc1ccc2c(c1)CC(=O)N2.[2H]C#C. The lowest BCUT2D eigenvalue weighted by atomic mass is 9.83. The summed E-state index contributed by atoms with van der Waals surface area (Å²) < 4.78 is 5.74. The van der Waals surface area contributed by atoms with Crippen molar-refractivity contribution in [2.45, 2.75) is 97.3 Å². The zero-order chi connectivity index (χ0) is 45.6. The highest BCUT2D eigenvalue weighted by Gasteiger charge is 2.26. The molecule has 324 valence electrons. The third kappa shape index (κ3) is 15.2. The van der Waals surface area contributed by atoms with Crippen LogP contribution in [0.4, 0.5) is 17.1 Å². The van der Waals surface area contributed by atoms with Crippen LogP contribution in [-0.2, 0) is 25.6 Å². The molecule has 5 aromatic rings. The maximum atomic E-state index is 12.8. The Morgan fingerprint density at radius 3 is 1.77 bits per heavy atom. The Kier molecular flexibility index (Phi) is 19.4. The van der Waals surface area contributed by atoms with Crippen LogP contribution in [0.2, 0.25) is 0 Å². The second-order valence-corrected chi connectivity index (χ2v) is 15.1. The number of terminal acetylenes is 1. The van der Waals surface area contributed by atoms with Gasteiger partial charge < -0.3 is 36.5 Å². The van der Waals surface area contributed by atoms with Crippen LogP contribution >= 0.6 is 0 Å². The minimum Gasteiger partial charge on any atom is -0.481 e. The smallest absolute Gasteiger partial charge is 0.323 e. The summed E-state index contributed by atoms with van der Waals surface area (Å²) in [6, 6.07) is 30.8. The molecule has 6 rings (SSSR count). The molecule has 0 fully saturated rings. The number of carbonyl (C=O) groups is 4. The van der Waals surface area contributed by atoms with Gasteiger partial charge in [-0.2, -0.15) is 0 Å². The second kappa shape index (κ2) is 25.1. The number of hydrogen-bond acceptors (Lipinski definition) is 6. The Morgan fingerprint density at radius 2 is 1.25 bits per heavy atom. The van der Waals surface area contributed by atoms with Crippen molar-refractivity contribution in [3.63, 3.8) is 0 Å². The number of imidazole rings is 1. The molecule has 0 spiro atoms. The lowest BCUT2D eigenvalue weighted by Gasteiger charge is -2.22. The lowest BCUT2D eigenvalue weighted by Crippen LogP contribution is -2.25. The van der Waals surface area contributed by atoms with E-state index >= 15 is 0 Å². The van der Waals surface area contributed by atoms with E-state index in [9.17, 15) is 29.1 Å². The molecule has 8 N–H and O–H groups in total. The summed E-state index contributed by atoms with van der Waals surface area (Å²) in [5.74, 6) is -2.02. The molecular formula is C49H61N5O7. The summed E-state index contributed by atoms with van der Waals surface area (Å²) >= 11 is 0. The first-order valence-electron chi connectivity index (χ1n) is 21.4. The van der Waals surface area contributed by atoms with Crippen LogP contribution in [0.25, 0.3) is 11.0 Å². The average Bonchev–Trinajstić information content (AvgIpc) is 3.83. The van der Waals surface area contributed by atoms with Gasteiger partial charge in [0.1, 0.15) is 1.37 Å². The van der Waals surface area contributed by atoms with Crippen molar-refractivity contribution >= 4 is 51.8 Å². The highest BCUT2D eigenvalue weighted by Crippen LogP contribution is 2.31. The molecular weight excluding hydrogens is 771 g/mol. The molecule has 5 atom stereocenters. The molecule has 1 aromatic heterocycles. The van der Waals surface area contributed by atoms with E-state index in [4.69, 9.17) is 12.2 Å². The number of aromatic amines is 2. The number of carbonyl (C=O) groups excluding carboxylic acids is 2. The highest BCUT2D eigenvalue weighted by molar-refractivity contribution is 5.99. The number of benzene rings is 4. The predicted molar refractivity (Wildman–Crippen MR) is 244 cm³/mol. The maximum Gasteiger partial charge on any atom is 0.323 e. The molecule has 0 saturated carbocycles. The van der Waals surface area contributed by atoms with Crippen LogP contribution in [0.15, 0.2) is 102 Å². The largest absolute Gasteiger partial charge is 0.481 e. The molecule has 0 saturated heterocycles. The van der Waals surface area contributed by atoms with Gasteiger partial charge in [0.05, 0.1) is 29.3 Å². The van der Waals surface area contributed by atoms with Crippen molar-refractivity contribution in [2.24, 2.45) is 17.8 Å². The van der Waals surface area contributed by atoms with Gasteiger partial charge in [-0.05, 0) is 116 Å². The number of nitrogen functional groups attached to an aromatic ring is 1. The average molecular weight is 833 g/mol. The van der Waals surface area contributed by atoms with Crippen LogP contribution in [0.5, 0.6) is 0 Å². The van der Waals surface area contributed by atoms with Crippen LogP contribution in [0, 0.1) is 30.6 Å². The van der Waals surface area contributed by atoms with Crippen LogP contribution < -0.4 is 22.1 Å². The summed E-state index contributed by atoms with van der Waals surface area (Å²) in [6.07, 6.45) is 11.7. The minimum atomic E-state index is -0.809. The van der Waals surface area contributed by atoms with Gasteiger partial charge in [0.25, 0.3) is 0 Å². The van der Waals surface area contributed by atoms with Crippen molar-refractivity contribution in [1.82, 2.24) is 9.97 Å². The number of nitrogens with two attached hydrogens (primary N) is 1. The highest BCUT2D eigenvalue weighted by atomic mass is 16.4. The molecule has 12 nitrogen and oxygen atoms in total. The topological polar surface area (TPSA) is 207 Å². The molecule has 2 amide bonds. The number of aliphatic carboxylic acids is 2. The molecule has 0 bridgehead atoms. The van der Waals surface area contributed by atoms with Gasteiger partial charge in [0, 0.05) is 23.0 Å². The fourth-order valence-corrected chi connectivity index (χ4v) is 7.53. The Hall–Kier alpha value is -6.61. The molecule has 1 aliphatic heterocycles. The Balaban J connectivity index is 0.000000280. The number of hydrogen-bond donors (Lipinski definition) is 7. The van der Waals surface area contributed by atoms with Crippen molar-refractivity contribution in [1.29, 1.82) is 0 Å². The minimum absolute atomic E-state index is 0.0469. The van der Waals surface area contributed by atoms with Gasteiger partial charge in [0.2, 0.25) is 11.8 Å². The Labute approximate surface area is 360 Å². The van der Waals surface area contributed by atoms with E-state index in [1.165, 1.54) is 12.0 Å². The molecule has 12 heteroatoms. The number of anilines is 3. The number of carboxylic acid groups (broad SMARTS) is 2. The van der Waals surface area contributed by atoms with Crippen molar-refractivity contribution in [3.05, 3.63) is 124 Å². The Bertz CT molecular complexity index is 2290. The Morgan fingerprint density at radius 1 is 0.721 bits per heavy atom. The van der Waals surface area contributed by atoms with Gasteiger partial charge in [0.15, 0.2) is 0 Å². The molecule has 0 aliphatic carbocycles. The second-order valence-electron chi connectivity index (χ2n) is 15.1. The fourth-order valence-electron chi connectivity index (χ4n) is 7.53. The first kappa shape index (κ1) is 47.1. The number of fused-ring (bicyclic) bond motifs is 2. The molecule has 61 heavy (non-hydrogen) atoms. The lowest BCUT2D eigenvalue weighted by molar-refractivity contribution is -0.143. The van der Waals surface area contributed by atoms with Crippen molar-refractivity contribution in [3.8, 4) is 12.8 Å². The normalized spacial score (nSPS) is 13.9. The summed E-state index contributed by atoms with van der Waals surface area (Å²) in [4.78, 5) is 63.4. The summed E-state index contributed by atoms with van der Waals surface area (Å²) in [7, 11) is 0. The van der Waals surface area contributed by atoms with Gasteiger partial charge in [-0.3, -0.25) is 19.2 Å². The van der Waals surface area contributed by atoms with Gasteiger partial charge in [-0.25, -0.2) is 4.79 Å². The number of H-pyrrole nitrogens is 2. The van der Waals surface area contributed by atoms with Crippen LogP contribution in [0.1, 0.15) is 109 Å². The first-order valence-corrected chi connectivity index (χ1v) is 20.9. The molecule has 4 aromatic carbocycles. The van der Waals surface area contributed by atoms with E-state index in [0.29, 0.717) is 66.9 Å². The van der Waals surface area contributed by atoms with Gasteiger partial charge in [-0.1, -0.05) is 88.4 Å². The number of nitrogens with one attached hydrogen (secondary N) is 4. The number of amides is 2.